The fourth-order valence-electron chi connectivity index (χ4n) is 2.73. The number of aromatic amines is 1. The van der Waals surface area contributed by atoms with E-state index in [4.69, 9.17) is 4.74 Å². The molecule has 2 heterocycles. The monoisotopic (exact) mass is 313 g/mol. The lowest BCUT2D eigenvalue weighted by molar-refractivity contribution is -0.00952. The zero-order chi connectivity index (χ0) is 16.2. The molecular formula is C17H19N3O3. The minimum absolute atomic E-state index is 0.118. The molecule has 2 atom stereocenters. The second-order valence-corrected chi connectivity index (χ2v) is 5.73. The third-order valence-corrected chi connectivity index (χ3v) is 3.96. The van der Waals surface area contributed by atoms with E-state index in [1.165, 1.54) is 17.7 Å². The van der Waals surface area contributed by atoms with Crippen molar-refractivity contribution in [2.24, 2.45) is 0 Å². The van der Waals surface area contributed by atoms with Gasteiger partial charge in [0.15, 0.2) is 0 Å². The molecule has 1 aromatic carbocycles. The van der Waals surface area contributed by atoms with E-state index in [2.05, 4.69) is 15.5 Å². The maximum absolute atomic E-state index is 12.3. The van der Waals surface area contributed by atoms with E-state index in [1.54, 1.807) is 0 Å². The molecule has 3 rings (SSSR count). The van der Waals surface area contributed by atoms with Gasteiger partial charge in [-0.3, -0.25) is 9.59 Å². The highest BCUT2D eigenvalue weighted by Crippen LogP contribution is 2.28. The number of benzene rings is 1. The van der Waals surface area contributed by atoms with Crippen molar-refractivity contribution in [1.29, 1.82) is 0 Å². The van der Waals surface area contributed by atoms with Gasteiger partial charge < -0.3 is 10.1 Å². The summed E-state index contributed by atoms with van der Waals surface area (Å²) in [5.41, 5.74) is 2.09. The number of aromatic nitrogens is 2. The molecule has 2 aromatic rings. The zero-order valence-corrected chi connectivity index (χ0v) is 12.9. The van der Waals surface area contributed by atoms with E-state index in [-0.39, 0.29) is 29.3 Å². The van der Waals surface area contributed by atoms with Crippen molar-refractivity contribution in [1.82, 2.24) is 15.5 Å². The van der Waals surface area contributed by atoms with Crippen LogP contribution >= 0.6 is 0 Å². The van der Waals surface area contributed by atoms with E-state index in [1.807, 2.05) is 31.2 Å². The summed E-state index contributed by atoms with van der Waals surface area (Å²) in [5.74, 6) is -0.311. The van der Waals surface area contributed by atoms with Crippen LogP contribution in [0.5, 0.6) is 0 Å². The molecule has 0 saturated carbocycles. The SMILES string of the molecule is Cc1ccc(C2OCCCC2NC(=O)c2ccc(=O)[nH]n2)cc1. The summed E-state index contributed by atoms with van der Waals surface area (Å²) in [6.07, 6.45) is 1.57. The van der Waals surface area contributed by atoms with Gasteiger partial charge in [0.2, 0.25) is 0 Å². The lowest BCUT2D eigenvalue weighted by Crippen LogP contribution is -2.43. The smallest absolute Gasteiger partial charge is 0.272 e. The molecule has 0 bridgehead atoms. The van der Waals surface area contributed by atoms with Crippen LogP contribution in [0.2, 0.25) is 0 Å². The average Bonchev–Trinajstić information content (AvgIpc) is 2.57. The van der Waals surface area contributed by atoms with Gasteiger partial charge in [-0.2, -0.15) is 5.10 Å². The third kappa shape index (κ3) is 3.65. The van der Waals surface area contributed by atoms with Gasteiger partial charge in [-0.15, -0.1) is 0 Å². The van der Waals surface area contributed by atoms with Gasteiger partial charge in [-0.1, -0.05) is 29.8 Å². The molecule has 1 fully saturated rings. The quantitative estimate of drug-likeness (QED) is 0.904. The average molecular weight is 313 g/mol. The zero-order valence-electron chi connectivity index (χ0n) is 12.9. The summed E-state index contributed by atoms with van der Waals surface area (Å²) in [7, 11) is 0. The number of rotatable bonds is 3. The number of hydrogen-bond acceptors (Lipinski definition) is 4. The van der Waals surface area contributed by atoms with Crippen molar-refractivity contribution in [3.63, 3.8) is 0 Å². The minimum atomic E-state index is -0.333. The first-order chi connectivity index (χ1) is 11.1. The number of carbonyl (C=O) groups is 1. The lowest BCUT2D eigenvalue weighted by atomic mass is 9.95. The number of ether oxygens (including phenoxy) is 1. The Kier molecular flexibility index (Phi) is 4.52. The second-order valence-electron chi connectivity index (χ2n) is 5.73. The van der Waals surface area contributed by atoms with Crippen molar-refractivity contribution in [2.45, 2.75) is 31.9 Å². The normalized spacial score (nSPS) is 20.9. The molecule has 6 heteroatoms. The van der Waals surface area contributed by atoms with E-state index in [0.29, 0.717) is 6.61 Å². The molecule has 120 valence electrons. The lowest BCUT2D eigenvalue weighted by Gasteiger charge is -2.32. The Labute approximate surface area is 133 Å². The van der Waals surface area contributed by atoms with E-state index in [9.17, 15) is 9.59 Å². The number of aryl methyl sites for hydroxylation is 1. The van der Waals surface area contributed by atoms with Gasteiger partial charge in [0.25, 0.3) is 11.5 Å². The molecule has 0 spiro atoms. The number of amides is 1. The topological polar surface area (TPSA) is 84.1 Å². The van der Waals surface area contributed by atoms with Crippen molar-refractivity contribution in [3.8, 4) is 0 Å². The molecule has 1 amide bonds. The van der Waals surface area contributed by atoms with Crippen molar-refractivity contribution in [2.75, 3.05) is 6.61 Å². The molecule has 23 heavy (non-hydrogen) atoms. The number of H-pyrrole nitrogens is 1. The van der Waals surface area contributed by atoms with Gasteiger partial charge in [-0.25, -0.2) is 5.10 Å². The third-order valence-electron chi connectivity index (χ3n) is 3.96. The van der Waals surface area contributed by atoms with Gasteiger partial charge in [0, 0.05) is 12.7 Å². The van der Waals surface area contributed by atoms with Gasteiger partial charge in [-0.05, 0) is 31.4 Å². The maximum atomic E-state index is 12.3. The Balaban J connectivity index is 1.76. The Morgan fingerprint density at radius 1 is 1.26 bits per heavy atom. The van der Waals surface area contributed by atoms with Gasteiger partial charge >= 0.3 is 0 Å². The van der Waals surface area contributed by atoms with E-state index < -0.39 is 0 Å². The Hall–Kier alpha value is -2.47. The first-order valence-electron chi connectivity index (χ1n) is 7.68. The van der Waals surface area contributed by atoms with E-state index in [0.717, 1.165) is 18.4 Å². The summed E-state index contributed by atoms with van der Waals surface area (Å²) in [5, 5.41) is 9.00. The molecule has 2 N–H and O–H groups in total. The van der Waals surface area contributed by atoms with E-state index >= 15 is 0 Å². The fourth-order valence-corrected chi connectivity index (χ4v) is 2.73. The van der Waals surface area contributed by atoms with Crippen LogP contribution in [0.1, 0.15) is 40.6 Å². The first-order valence-corrected chi connectivity index (χ1v) is 7.68. The number of carbonyl (C=O) groups excluding carboxylic acids is 1. The van der Waals surface area contributed by atoms with Crippen LogP contribution in [0.25, 0.3) is 0 Å². The molecule has 1 aliphatic heterocycles. The summed E-state index contributed by atoms with van der Waals surface area (Å²) in [6, 6.07) is 10.7. The molecule has 0 aliphatic carbocycles. The van der Waals surface area contributed by atoms with Crippen molar-refractivity contribution in [3.05, 3.63) is 63.6 Å². The molecule has 1 aromatic heterocycles. The maximum Gasteiger partial charge on any atom is 0.272 e. The Morgan fingerprint density at radius 2 is 2.04 bits per heavy atom. The summed E-state index contributed by atoms with van der Waals surface area (Å²) in [6.45, 7) is 2.72. The summed E-state index contributed by atoms with van der Waals surface area (Å²) >= 11 is 0. The molecule has 1 aliphatic rings. The minimum Gasteiger partial charge on any atom is -0.371 e. The molecule has 1 saturated heterocycles. The fraction of sp³-hybridized carbons (Fsp3) is 0.353. The van der Waals surface area contributed by atoms with Crippen LogP contribution in [-0.4, -0.2) is 28.8 Å². The second kappa shape index (κ2) is 6.75. The summed E-state index contributed by atoms with van der Waals surface area (Å²) < 4.78 is 5.88. The van der Waals surface area contributed by atoms with Crippen LogP contribution in [-0.2, 0) is 4.74 Å². The highest BCUT2D eigenvalue weighted by molar-refractivity contribution is 5.92. The van der Waals surface area contributed by atoms with Gasteiger partial charge in [0.05, 0.1) is 6.04 Å². The van der Waals surface area contributed by atoms with Crippen molar-refractivity contribution >= 4 is 5.91 Å². The van der Waals surface area contributed by atoms with Crippen LogP contribution in [0.4, 0.5) is 0 Å². The molecule has 2 unspecified atom stereocenters. The molecule has 0 radical (unpaired) electrons. The van der Waals surface area contributed by atoms with Crippen LogP contribution in [0.15, 0.2) is 41.2 Å². The standard InChI is InChI=1S/C17H19N3O3/c1-11-4-6-12(7-5-11)16-13(3-2-10-23-16)18-17(22)14-8-9-15(21)20-19-14/h4-9,13,16H,2-3,10H2,1H3,(H,18,22)(H,20,21). The predicted octanol–water partition coefficient (Wildman–Crippen LogP) is 1.73. The Morgan fingerprint density at radius 3 is 2.74 bits per heavy atom. The number of nitrogens with zero attached hydrogens (tertiary/aromatic N) is 1. The largest absolute Gasteiger partial charge is 0.371 e. The highest BCUT2D eigenvalue weighted by Gasteiger charge is 2.29. The van der Waals surface area contributed by atoms with Crippen LogP contribution in [0.3, 0.4) is 0 Å². The highest BCUT2D eigenvalue weighted by atomic mass is 16.5. The first kappa shape index (κ1) is 15.4. The number of nitrogens with one attached hydrogen (secondary N) is 2. The number of hydrogen-bond donors (Lipinski definition) is 2. The molecule has 6 nitrogen and oxygen atoms in total. The predicted molar refractivity (Wildman–Crippen MR) is 85.2 cm³/mol. The van der Waals surface area contributed by atoms with Crippen LogP contribution in [0, 0.1) is 6.92 Å². The van der Waals surface area contributed by atoms with Crippen LogP contribution < -0.4 is 10.9 Å². The molecular weight excluding hydrogens is 294 g/mol. The van der Waals surface area contributed by atoms with Gasteiger partial charge in [0.1, 0.15) is 11.8 Å². The summed E-state index contributed by atoms with van der Waals surface area (Å²) in [4.78, 5) is 23.3. The van der Waals surface area contributed by atoms with Crippen molar-refractivity contribution < 1.29 is 9.53 Å². The Bertz CT molecular complexity index is 719.